The summed E-state index contributed by atoms with van der Waals surface area (Å²) in [6, 6.07) is 18.6. The highest BCUT2D eigenvalue weighted by Crippen LogP contribution is 2.14. The Balaban J connectivity index is 2.29. The Kier molecular flexibility index (Phi) is 4.59. The number of benzene rings is 2. The van der Waals surface area contributed by atoms with E-state index in [4.69, 9.17) is 0 Å². The monoisotopic (exact) mass is 246 g/mol. The van der Waals surface area contributed by atoms with Crippen molar-refractivity contribution in [1.82, 2.24) is 0 Å². The summed E-state index contributed by atoms with van der Waals surface area (Å²) in [5.74, 6) is 6.52. The fraction of sp³-hybridized carbons (Fsp3) is 0.158. The molecule has 2 rings (SSSR count). The third-order valence-corrected chi connectivity index (χ3v) is 2.89. The van der Waals surface area contributed by atoms with Crippen LogP contribution in [0.15, 0.2) is 60.7 Å². The van der Waals surface area contributed by atoms with Gasteiger partial charge in [0.05, 0.1) is 0 Å². The van der Waals surface area contributed by atoms with Crippen LogP contribution in [0.3, 0.4) is 0 Å². The summed E-state index contributed by atoms with van der Waals surface area (Å²) < 4.78 is 0. The van der Waals surface area contributed by atoms with Crippen molar-refractivity contribution in [2.24, 2.45) is 0 Å². The highest BCUT2D eigenvalue weighted by atomic mass is 14.0. The van der Waals surface area contributed by atoms with Gasteiger partial charge in [-0.1, -0.05) is 72.9 Å². The van der Waals surface area contributed by atoms with Crippen molar-refractivity contribution in [2.75, 3.05) is 0 Å². The van der Waals surface area contributed by atoms with E-state index in [9.17, 15) is 0 Å². The molecule has 0 spiro atoms. The molecule has 0 heteroatoms. The van der Waals surface area contributed by atoms with Crippen LogP contribution in [0.4, 0.5) is 0 Å². The number of rotatable bonds is 2. The molecule has 94 valence electrons. The first-order chi connectivity index (χ1) is 9.29. The van der Waals surface area contributed by atoms with Gasteiger partial charge >= 0.3 is 0 Å². The van der Waals surface area contributed by atoms with Crippen molar-refractivity contribution in [3.05, 3.63) is 77.4 Å². The summed E-state index contributed by atoms with van der Waals surface area (Å²) >= 11 is 0. The maximum absolute atomic E-state index is 3.28. The molecular formula is C19H18. The molecular weight excluding hydrogens is 228 g/mol. The summed E-state index contributed by atoms with van der Waals surface area (Å²) in [6.07, 6.45) is 3.17. The molecule has 0 aromatic heterocycles. The van der Waals surface area contributed by atoms with Gasteiger partial charge in [0.25, 0.3) is 0 Å². The lowest BCUT2D eigenvalue weighted by Crippen LogP contribution is -1.81. The molecule has 2 aromatic carbocycles. The van der Waals surface area contributed by atoms with Crippen LogP contribution >= 0.6 is 0 Å². The van der Waals surface area contributed by atoms with Crippen molar-refractivity contribution >= 4 is 5.57 Å². The number of hydrogen-bond acceptors (Lipinski definition) is 0. The number of allylic oxidation sites excluding steroid dienone is 2. The molecule has 0 bridgehead atoms. The lowest BCUT2D eigenvalue weighted by Gasteiger charge is -1.99. The SMILES string of the molecule is CCC=C(C#Cc1ccc(C)cc1)c1ccccc1. The number of hydrogen-bond donors (Lipinski definition) is 0. The third kappa shape index (κ3) is 3.86. The number of aryl methyl sites for hydroxylation is 1. The molecule has 0 nitrogen and oxygen atoms in total. The first kappa shape index (κ1) is 13.2. The lowest BCUT2D eigenvalue weighted by atomic mass is 10.0. The van der Waals surface area contributed by atoms with E-state index in [0.717, 1.165) is 17.6 Å². The zero-order chi connectivity index (χ0) is 13.5. The topological polar surface area (TPSA) is 0 Å². The van der Waals surface area contributed by atoms with E-state index in [-0.39, 0.29) is 0 Å². The maximum Gasteiger partial charge on any atom is 0.0281 e. The second-order valence-corrected chi connectivity index (χ2v) is 4.51. The van der Waals surface area contributed by atoms with Gasteiger partial charge in [-0.05, 0) is 31.0 Å². The molecule has 0 radical (unpaired) electrons. The molecule has 0 saturated carbocycles. The van der Waals surface area contributed by atoms with E-state index in [1.54, 1.807) is 0 Å². The van der Waals surface area contributed by atoms with Crippen LogP contribution in [0.1, 0.15) is 30.0 Å². The average molecular weight is 246 g/mol. The van der Waals surface area contributed by atoms with Crippen molar-refractivity contribution < 1.29 is 0 Å². The predicted molar refractivity (Wildman–Crippen MR) is 82.8 cm³/mol. The molecule has 0 heterocycles. The molecule has 0 unspecified atom stereocenters. The van der Waals surface area contributed by atoms with Crippen molar-refractivity contribution in [1.29, 1.82) is 0 Å². The van der Waals surface area contributed by atoms with E-state index >= 15 is 0 Å². The molecule has 0 saturated heterocycles. The summed E-state index contributed by atoms with van der Waals surface area (Å²) in [7, 11) is 0. The molecule has 2 aromatic rings. The van der Waals surface area contributed by atoms with Crippen LogP contribution in [-0.4, -0.2) is 0 Å². The van der Waals surface area contributed by atoms with E-state index in [1.165, 1.54) is 11.1 Å². The zero-order valence-electron chi connectivity index (χ0n) is 11.5. The van der Waals surface area contributed by atoms with Gasteiger partial charge in [0.2, 0.25) is 0 Å². The summed E-state index contributed by atoms with van der Waals surface area (Å²) in [5, 5.41) is 0. The molecule has 0 N–H and O–H groups in total. The highest BCUT2D eigenvalue weighted by Gasteiger charge is 1.95. The zero-order valence-corrected chi connectivity index (χ0v) is 11.5. The van der Waals surface area contributed by atoms with Gasteiger partial charge in [-0.25, -0.2) is 0 Å². The van der Waals surface area contributed by atoms with Crippen molar-refractivity contribution in [2.45, 2.75) is 20.3 Å². The fourth-order valence-electron chi connectivity index (χ4n) is 1.84. The smallest absolute Gasteiger partial charge is 0.0281 e. The minimum atomic E-state index is 0.993. The standard InChI is InChI=1S/C19H18/c1-3-7-18(19-8-5-4-6-9-19)15-14-17-12-10-16(2)11-13-17/h4-13H,3H2,1-2H3. The van der Waals surface area contributed by atoms with Gasteiger partial charge in [0, 0.05) is 11.1 Å². The van der Waals surface area contributed by atoms with Crippen molar-refractivity contribution in [3.8, 4) is 11.8 Å². The maximum atomic E-state index is 3.28. The van der Waals surface area contributed by atoms with Crippen LogP contribution in [-0.2, 0) is 0 Å². The van der Waals surface area contributed by atoms with Gasteiger partial charge in [-0.15, -0.1) is 0 Å². The minimum Gasteiger partial charge on any atom is -0.0685 e. The lowest BCUT2D eigenvalue weighted by molar-refractivity contribution is 1.23. The first-order valence-electron chi connectivity index (χ1n) is 6.64. The summed E-state index contributed by atoms with van der Waals surface area (Å²) in [5.41, 5.74) is 4.61. The highest BCUT2D eigenvalue weighted by molar-refractivity contribution is 5.79. The Hall–Kier alpha value is -2.26. The minimum absolute atomic E-state index is 0.993. The van der Waals surface area contributed by atoms with Crippen LogP contribution in [0, 0.1) is 18.8 Å². The molecule has 0 aliphatic carbocycles. The molecule has 0 amide bonds. The quantitative estimate of drug-likeness (QED) is 0.665. The van der Waals surface area contributed by atoms with E-state index in [0.29, 0.717) is 0 Å². The van der Waals surface area contributed by atoms with Crippen LogP contribution in [0.5, 0.6) is 0 Å². The molecule has 0 aliphatic heterocycles. The second kappa shape index (κ2) is 6.61. The van der Waals surface area contributed by atoms with Gasteiger partial charge in [0.1, 0.15) is 0 Å². The van der Waals surface area contributed by atoms with Gasteiger partial charge in [-0.2, -0.15) is 0 Å². The van der Waals surface area contributed by atoms with Crippen LogP contribution in [0.25, 0.3) is 5.57 Å². The molecule has 19 heavy (non-hydrogen) atoms. The third-order valence-electron chi connectivity index (χ3n) is 2.89. The Labute approximate surface area is 115 Å². The summed E-state index contributed by atoms with van der Waals surface area (Å²) in [4.78, 5) is 0. The predicted octanol–water partition coefficient (Wildman–Crippen LogP) is 4.84. The van der Waals surface area contributed by atoms with E-state index in [2.05, 4.69) is 68.2 Å². The van der Waals surface area contributed by atoms with Gasteiger partial charge in [-0.3, -0.25) is 0 Å². The second-order valence-electron chi connectivity index (χ2n) is 4.51. The molecule has 0 atom stereocenters. The normalized spacial score (nSPS) is 10.7. The first-order valence-corrected chi connectivity index (χ1v) is 6.64. The van der Waals surface area contributed by atoms with Gasteiger partial charge < -0.3 is 0 Å². The molecule has 0 aliphatic rings. The Bertz CT molecular complexity index is 605. The van der Waals surface area contributed by atoms with Crippen LogP contribution in [0.2, 0.25) is 0 Å². The summed E-state index contributed by atoms with van der Waals surface area (Å²) in [6.45, 7) is 4.22. The Morgan fingerprint density at radius 2 is 1.68 bits per heavy atom. The molecule has 0 fully saturated rings. The Morgan fingerprint density at radius 1 is 1.00 bits per heavy atom. The largest absolute Gasteiger partial charge is 0.0685 e. The van der Waals surface area contributed by atoms with E-state index in [1.807, 2.05) is 18.2 Å². The van der Waals surface area contributed by atoms with Crippen LogP contribution < -0.4 is 0 Å². The van der Waals surface area contributed by atoms with Gasteiger partial charge in [0.15, 0.2) is 0 Å². The Morgan fingerprint density at radius 3 is 2.32 bits per heavy atom. The van der Waals surface area contributed by atoms with E-state index < -0.39 is 0 Å². The van der Waals surface area contributed by atoms with Crippen molar-refractivity contribution in [3.63, 3.8) is 0 Å². The fourth-order valence-corrected chi connectivity index (χ4v) is 1.84. The average Bonchev–Trinajstić information content (AvgIpc) is 2.46.